The monoisotopic (exact) mass is 331 g/mol. The number of benzene rings is 2. The van der Waals surface area contributed by atoms with E-state index in [1.165, 1.54) is 6.20 Å². The second-order valence-electron chi connectivity index (χ2n) is 5.27. The van der Waals surface area contributed by atoms with Crippen molar-refractivity contribution in [2.45, 2.75) is 0 Å². The predicted molar refractivity (Wildman–Crippen MR) is 93.3 cm³/mol. The second-order valence-corrected chi connectivity index (χ2v) is 5.27. The Kier molecular flexibility index (Phi) is 3.80. The van der Waals surface area contributed by atoms with Crippen LogP contribution in [0.2, 0.25) is 0 Å². The molecule has 122 valence electrons. The first kappa shape index (κ1) is 14.8. The summed E-state index contributed by atoms with van der Waals surface area (Å²) in [5.74, 6) is 0.0554. The fraction of sp³-hybridized carbons (Fsp3) is 0. The zero-order valence-electron chi connectivity index (χ0n) is 13.0. The molecule has 0 saturated carbocycles. The second kappa shape index (κ2) is 6.40. The van der Waals surface area contributed by atoms with Gasteiger partial charge in [-0.25, -0.2) is 14.8 Å². The van der Waals surface area contributed by atoms with Crippen molar-refractivity contribution in [3.8, 4) is 22.6 Å². The number of rotatable bonds is 4. The van der Waals surface area contributed by atoms with Gasteiger partial charge in [-0.1, -0.05) is 47.6 Å². The SMILES string of the molecule is O=c1[nH]c(-c2nccnc2Nc2ccc(-c3ccccc3)cc2)no1. The number of aromatic amines is 1. The van der Waals surface area contributed by atoms with Gasteiger partial charge < -0.3 is 5.32 Å². The molecule has 7 nitrogen and oxygen atoms in total. The summed E-state index contributed by atoms with van der Waals surface area (Å²) in [6.07, 6.45) is 3.08. The predicted octanol–water partition coefficient (Wildman–Crippen LogP) is 3.23. The summed E-state index contributed by atoms with van der Waals surface area (Å²) in [4.78, 5) is 22.1. The average molecular weight is 331 g/mol. The lowest BCUT2D eigenvalue weighted by atomic mass is 10.1. The van der Waals surface area contributed by atoms with E-state index in [9.17, 15) is 4.79 Å². The Morgan fingerprint density at radius 1 is 0.880 bits per heavy atom. The number of anilines is 2. The van der Waals surface area contributed by atoms with Gasteiger partial charge >= 0.3 is 5.76 Å². The molecule has 4 rings (SSSR count). The molecule has 0 aliphatic rings. The molecule has 25 heavy (non-hydrogen) atoms. The molecule has 2 N–H and O–H groups in total. The molecule has 2 aromatic heterocycles. The summed E-state index contributed by atoms with van der Waals surface area (Å²) in [7, 11) is 0. The molecule has 0 saturated heterocycles. The maximum atomic E-state index is 11.2. The third-order valence-corrected chi connectivity index (χ3v) is 3.62. The first-order valence-electron chi connectivity index (χ1n) is 7.59. The third kappa shape index (κ3) is 3.16. The largest absolute Gasteiger partial charge is 0.439 e. The van der Waals surface area contributed by atoms with E-state index >= 15 is 0 Å². The van der Waals surface area contributed by atoms with Crippen molar-refractivity contribution in [1.29, 1.82) is 0 Å². The zero-order chi connectivity index (χ0) is 17.1. The zero-order valence-corrected chi connectivity index (χ0v) is 13.0. The molecule has 0 aliphatic carbocycles. The summed E-state index contributed by atoms with van der Waals surface area (Å²) in [6.45, 7) is 0. The van der Waals surface area contributed by atoms with Gasteiger partial charge in [0.15, 0.2) is 11.5 Å². The van der Waals surface area contributed by atoms with E-state index in [-0.39, 0.29) is 5.82 Å². The Hall–Kier alpha value is -3.74. The van der Waals surface area contributed by atoms with Gasteiger partial charge in [-0.15, -0.1) is 0 Å². The highest BCUT2D eigenvalue weighted by molar-refractivity contribution is 5.72. The van der Waals surface area contributed by atoms with Crippen LogP contribution < -0.4 is 11.1 Å². The molecule has 2 heterocycles. The number of H-pyrrole nitrogens is 1. The van der Waals surface area contributed by atoms with Gasteiger partial charge in [-0.2, -0.15) is 0 Å². The molecule has 0 spiro atoms. The Balaban J connectivity index is 1.62. The Morgan fingerprint density at radius 3 is 2.32 bits per heavy atom. The minimum Gasteiger partial charge on any atom is -0.338 e. The molecule has 2 aromatic carbocycles. The van der Waals surface area contributed by atoms with Gasteiger partial charge in [0.1, 0.15) is 0 Å². The van der Waals surface area contributed by atoms with Crippen molar-refractivity contribution in [3.63, 3.8) is 0 Å². The van der Waals surface area contributed by atoms with Crippen LogP contribution in [0.1, 0.15) is 0 Å². The molecular formula is C18H13N5O2. The molecular weight excluding hydrogens is 318 g/mol. The molecule has 0 aliphatic heterocycles. The smallest absolute Gasteiger partial charge is 0.338 e. The third-order valence-electron chi connectivity index (χ3n) is 3.62. The lowest BCUT2D eigenvalue weighted by Crippen LogP contribution is -2.01. The van der Waals surface area contributed by atoms with Gasteiger partial charge in [-0.3, -0.25) is 9.51 Å². The van der Waals surface area contributed by atoms with Crippen LogP contribution in [0.25, 0.3) is 22.6 Å². The molecule has 0 radical (unpaired) electrons. The molecule has 0 amide bonds. The quantitative estimate of drug-likeness (QED) is 0.596. The number of nitrogens with one attached hydrogen (secondary N) is 2. The standard InChI is InChI=1S/C18H13N5O2/c24-18-22-17(23-25-18)15-16(20-11-10-19-15)21-14-8-6-13(7-9-14)12-4-2-1-3-5-12/h1-11H,(H,20,21)(H,22,23,24). The van der Waals surface area contributed by atoms with Gasteiger partial charge in [-0.05, 0) is 23.3 Å². The van der Waals surface area contributed by atoms with Crippen molar-refractivity contribution < 1.29 is 4.52 Å². The van der Waals surface area contributed by atoms with E-state index in [0.29, 0.717) is 11.5 Å². The van der Waals surface area contributed by atoms with Gasteiger partial charge in [0.25, 0.3) is 0 Å². The Morgan fingerprint density at radius 2 is 1.60 bits per heavy atom. The summed E-state index contributed by atoms with van der Waals surface area (Å²) in [5, 5.41) is 6.84. The van der Waals surface area contributed by atoms with E-state index in [0.717, 1.165) is 16.8 Å². The van der Waals surface area contributed by atoms with Crippen molar-refractivity contribution in [1.82, 2.24) is 20.1 Å². The normalized spacial score (nSPS) is 10.6. The Labute approximate surface area is 142 Å². The molecule has 7 heteroatoms. The molecule has 0 unspecified atom stereocenters. The molecule has 0 atom stereocenters. The highest BCUT2D eigenvalue weighted by Gasteiger charge is 2.13. The van der Waals surface area contributed by atoms with Crippen molar-refractivity contribution in [2.75, 3.05) is 5.32 Å². The van der Waals surface area contributed by atoms with Crippen LogP contribution in [0.4, 0.5) is 11.5 Å². The highest BCUT2D eigenvalue weighted by Crippen LogP contribution is 2.25. The number of hydrogen-bond acceptors (Lipinski definition) is 6. The maximum absolute atomic E-state index is 11.2. The summed E-state index contributed by atoms with van der Waals surface area (Å²) >= 11 is 0. The number of aromatic nitrogens is 4. The Bertz CT molecular complexity index is 1040. The lowest BCUT2D eigenvalue weighted by Gasteiger charge is -2.09. The minimum absolute atomic E-state index is 0.224. The fourth-order valence-corrected chi connectivity index (χ4v) is 2.45. The molecule has 4 aromatic rings. The van der Waals surface area contributed by atoms with Crippen LogP contribution in [0.15, 0.2) is 76.3 Å². The fourth-order valence-electron chi connectivity index (χ4n) is 2.45. The summed E-state index contributed by atoms with van der Waals surface area (Å²) < 4.78 is 4.53. The average Bonchev–Trinajstić information content (AvgIpc) is 3.10. The number of nitrogens with zero attached hydrogens (tertiary/aromatic N) is 3. The van der Waals surface area contributed by atoms with Crippen LogP contribution in [0.5, 0.6) is 0 Å². The highest BCUT2D eigenvalue weighted by atomic mass is 16.5. The van der Waals surface area contributed by atoms with Gasteiger partial charge in [0.05, 0.1) is 0 Å². The van der Waals surface area contributed by atoms with Crippen molar-refractivity contribution in [3.05, 3.63) is 77.5 Å². The van der Waals surface area contributed by atoms with Gasteiger partial charge in [0, 0.05) is 18.1 Å². The minimum atomic E-state index is -0.640. The van der Waals surface area contributed by atoms with E-state index in [4.69, 9.17) is 0 Å². The lowest BCUT2D eigenvalue weighted by molar-refractivity contribution is 0.387. The van der Waals surface area contributed by atoms with E-state index in [2.05, 4.69) is 42.1 Å². The molecule has 0 bridgehead atoms. The van der Waals surface area contributed by atoms with E-state index in [1.807, 2.05) is 42.5 Å². The molecule has 0 fully saturated rings. The first-order chi connectivity index (χ1) is 12.3. The number of hydrogen-bond donors (Lipinski definition) is 2. The van der Waals surface area contributed by atoms with Crippen LogP contribution in [0.3, 0.4) is 0 Å². The van der Waals surface area contributed by atoms with Crippen LogP contribution in [0, 0.1) is 0 Å². The first-order valence-corrected chi connectivity index (χ1v) is 7.59. The summed E-state index contributed by atoms with van der Waals surface area (Å²) in [5.41, 5.74) is 3.51. The van der Waals surface area contributed by atoms with Crippen LogP contribution >= 0.6 is 0 Å². The van der Waals surface area contributed by atoms with Crippen LogP contribution in [-0.4, -0.2) is 20.1 Å². The maximum Gasteiger partial charge on any atom is 0.439 e. The van der Waals surface area contributed by atoms with Crippen molar-refractivity contribution >= 4 is 11.5 Å². The summed E-state index contributed by atoms with van der Waals surface area (Å²) in [6, 6.07) is 18.1. The van der Waals surface area contributed by atoms with E-state index in [1.54, 1.807) is 6.20 Å². The van der Waals surface area contributed by atoms with E-state index < -0.39 is 5.76 Å². The van der Waals surface area contributed by atoms with Gasteiger partial charge in [0.2, 0.25) is 5.82 Å². The van der Waals surface area contributed by atoms with Crippen molar-refractivity contribution in [2.24, 2.45) is 0 Å². The van der Waals surface area contributed by atoms with Crippen LogP contribution in [-0.2, 0) is 0 Å². The topological polar surface area (TPSA) is 96.7 Å².